The number of thiophene rings is 1. The summed E-state index contributed by atoms with van der Waals surface area (Å²) in [5, 5.41) is 8.57. The summed E-state index contributed by atoms with van der Waals surface area (Å²) in [7, 11) is 0. The number of aromatic nitrogens is 2. The van der Waals surface area contributed by atoms with Crippen LogP contribution in [0.4, 0.5) is 21.8 Å². The lowest BCUT2D eigenvalue weighted by Crippen LogP contribution is -2.41. The molecule has 4 atom stereocenters. The smallest absolute Gasteiger partial charge is 0.229 e. The molecule has 2 bridgehead atoms. The maximum absolute atomic E-state index is 14.7. The van der Waals surface area contributed by atoms with E-state index in [0.717, 1.165) is 36.3 Å². The van der Waals surface area contributed by atoms with Gasteiger partial charge in [0.2, 0.25) is 11.9 Å². The molecular weight excluding hydrogens is 479 g/mol. The number of nitrogens with one attached hydrogen (secondary N) is 2. The molecule has 1 aromatic carbocycles. The van der Waals surface area contributed by atoms with Crippen molar-refractivity contribution in [1.29, 1.82) is 0 Å². The molecule has 1 saturated heterocycles. The van der Waals surface area contributed by atoms with Gasteiger partial charge in [-0.2, -0.15) is 4.98 Å². The van der Waals surface area contributed by atoms with Crippen LogP contribution >= 0.6 is 11.3 Å². The zero-order chi connectivity index (χ0) is 24.6. The molecule has 2 fully saturated rings. The van der Waals surface area contributed by atoms with Gasteiger partial charge in [-0.1, -0.05) is 12.2 Å². The predicted octanol–water partition coefficient (Wildman–Crippen LogP) is 4.14. The first-order chi connectivity index (χ1) is 17.5. The number of benzene rings is 1. The maximum atomic E-state index is 14.7. The molecule has 36 heavy (non-hydrogen) atoms. The topological polar surface area (TPSA) is 105 Å². The van der Waals surface area contributed by atoms with E-state index < -0.39 is 5.82 Å². The molecule has 3 aliphatic rings. The van der Waals surface area contributed by atoms with Crippen molar-refractivity contribution in [2.24, 2.45) is 23.5 Å². The van der Waals surface area contributed by atoms with Crippen molar-refractivity contribution in [3.05, 3.63) is 47.6 Å². The van der Waals surface area contributed by atoms with Crippen LogP contribution in [0.25, 0.3) is 10.2 Å². The second-order valence-electron chi connectivity index (χ2n) is 9.74. The Balaban J connectivity index is 1.18. The van der Waals surface area contributed by atoms with E-state index in [1.54, 1.807) is 12.1 Å². The average Bonchev–Trinajstić information content (AvgIpc) is 3.65. The van der Waals surface area contributed by atoms with Crippen LogP contribution < -0.4 is 21.1 Å². The zero-order valence-electron chi connectivity index (χ0n) is 19.8. The van der Waals surface area contributed by atoms with Gasteiger partial charge >= 0.3 is 0 Å². The fourth-order valence-corrected chi connectivity index (χ4v) is 6.48. The lowest BCUT2D eigenvalue weighted by atomic mass is 9.88. The predicted molar refractivity (Wildman–Crippen MR) is 139 cm³/mol. The molecule has 1 saturated carbocycles. The molecule has 10 heteroatoms. The standard InChI is InChI=1S/C26H29FN6O2S/c27-18-14-17(5-6-20(18)35-11-10-33-8-1-2-9-33)29-26-30-19-7-12-36-23(19)25(32-26)31-22-16-4-3-15(13-16)21(22)24(28)34/h3-7,12,14-16,21-22H,1-2,8-11,13H2,(H2,28,34)(H2,29,30,31,32). The van der Waals surface area contributed by atoms with Crippen molar-refractivity contribution in [3.63, 3.8) is 0 Å². The van der Waals surface area contributed by atoms with Gasteiger partial charge in [-0.05, 0) is 67.8 Å². The van der Waals surface area contributed by atoms with Gasteiger partial charge in [0.05, 0.1) is 16.1 Å². The number of amides is 1. The van der Waals surface area contributed by atoms with Crippen molar-refractivity contribution >= 4 is 44.9 Å². The fourth-order valence-electron chi connectivity index (χ4n) is 5.70. The summed E-state index contributed by atoms with van der Waals surface area (Å²) in [4.78, 5) is 23.8. The molecule has 1 amide bonds. The summed E-state index contributed by atoms with van der Waals surface area (Å²) >= 11 is 1.53. The SMILES string of the molecule is NC(=O)C1C2C=CC(C2)C1Nc1nc(Nc2ccc(OCCN3CCCC3)c(F)c2)nc2ccsc12. The summed E-state index contributed by atoms with van der Waals surface area (Å²) in [5.41, 5.74) is 7.04. The first-order valence-corrected chi connectivity index (χ1v) is 13.3. The molecule has 3 heterocycles. The van der Waals surface area contributed by atoms with Gasteiger partial charge in [-0.25, -0.2) is 9.37 Å². The summed E-state index contributed by atoms with van der Waals surface area (Å²) in [6.45, 7) is 3.43. The van der Waals surface area contributed by atoms with E-state index in [1.807, 2.05) is 11.4 Å². The van der Waals surface area contributed by atoms with Crippen LogP contribution in [0.15, 0.2) is 41.8 Å². The molecular formula is C26H29FN6O2S. The largest absolute Gasteiger partial charge is 0.489 e. The van der Waals surface area contributed by atoms with E-state index in [-0.39, 0.29) is 35.5 Å². The van der Waals surface area contributed by atoms with E-state index in [1.165, 1.54) is 30.2 Å². The quantitative estimate of drug-likeness (QED) is 0.373. The number of hydrogen-bond donors (Lipinski definition) is 3. The number of fused-ring (bicyclic) bond motifs is 3. The second-order valence-corrected chi connectivity index (χ2v) is 10.7. The molecule has 4 unspecified atom stereocenters. The van der Waals surface area contributed by atoms with Crippen molar-refractivity contribution in [1.82, 2.24) is 14.9 Å². The van der Waals surface area contributed by atoms with E-state index in [9.17, 15) is 9.18 Å². The number of halogens is 1. The molecule has 4 N–H and O–H groups in total. The van der Waals surface area contributed by atoms with Gasteiger partial charge < -0.3 is 21.1 Å². The lowest BCUT2D eigenvalue weighted by Gasteiger charge is -2.27. The van der Waals surface area contributed by atoms with Crippen molar-refractivity contribution in [2.45, 2.75) is 25.3 Å². The van der Waals surface area contributed by atoms with Gasteiger partial charge in [0.15, 0.2) is 11.6 Å². The van der Waals surface area contributed by atoms with Crippen LogP contribution in [0.3, 0.4) is 0 Å². The normalized spacial score (nSPS) is 25.0. The number of primary amides is 1. The number of nitrogens with two attached hydrogens (primary N) is 1. The van der Waals surface area contributed by atoms with Gasteiger partial charge in [0.1, 0.15) is 12.4 Å². The van der Waals surface area contributed by atoms with Crippen molar-refractivity contribution in [2.75, 3.05) is 36.9 Å². The second kappa shape index (κ2) is 9.67. The van der Waals surface area contributed by atoms with Crippen molar-refractivity contribution < 1.29 is 13.9 Å². The minimum absolute atomic E-state index is 0.111. The van der Waals surface area contributed by atoms with Crippen LogP contribution in [0.5, 0.6) is 5.75 Å². The highest BCUT2D eigenvalue weighted by molar-refractivity contribution is 7.17. The Morgan fingerprint density at radius 2 is 2.03 bits per heavy atom. The third-order valence-electron chi connectivity index (χ3n) is 7.45. The Morgan fingerprint density at radius 3 is 2.83 bits per heavy atom. The van der Waals surface area contributed by atoms with E-state index in [0.29, 0.717) is 24.1 Å². The number of nitrogens with zero attached hydrogens (tertiary/aromatic N) is 3. The number of carbonyl (C=O) groups is 1. The molecule has 188 valence electrons. The van der Waals surface area contributed by atoms with Crippen LogP contribution in [-0.4, -0.2) is 53.1 Å². The Hall–Kier alpha value is -3.24. The number of likely N-dealkylation sites (tertiary alicyclic amines) is 1. The van der Waals surface area contributed by atoms with Gasteiger partial charge in [-0.15, -0.1) is 11.3 Å². The highest BCUT2D eigenvalue weighted by Crippen LogP contribution is 2.45. The fraction of sp³-hybridized carbons (Fsp3) is 0.423. The number of carbonyl (C=O) groups excluding carboxylic acids is 1. The lowest BCUT2D eigenvalue weighted by molar-refractivity contribution is -0.122. The molecule has 2 aromatic heterocycles. The number of ether oxygens (including phenoxy) is 1. The third kappa shape index (κ3) is 4.51. The maximum Gasteiger partial charge on any atom is 0.229 e. The third-order valence-corrected chi connectivity index (χ3v) is 8.36. The summed E-state index contributed by atoms with van der Waals surface area (Å²) in [5.74, 6) is 0.638. The first-order valence-electron chi connectivity index (χ1n) is 12.5. The van der Waals surface area contributed by atoms with Gasteiger partial charge in [0.25, 0.3) is 0 Å². The number of anilines is 3. The highest BCUT2D eigenvalue weighted by atomic mass is 32.1. The van der Waals surface area contributed by atoms with Crippen LogP contribution in [0.1, 0.15) is 19.3 Å². The van der Waals surface area contributed by atoms with Gasteiger partial charge in [-0.3, -0.25) is 9.69 Å². The molecule has 8 nitrogen and oxygen atoms in total. The first kappa shape index (κ1) is 23.2. The molecule has 1 aliphatic heterocycles. The van der Waals surface area contributed by atoms with E-state index in [4.69, 9.17) is 15.5 Å². The average molecular weight is 509 g/mol. The molecule has 0 radical (unpaired) electrons. The summed E-state index contributed by atoms with van der Waals surface area (Å²) < 4.78 is 21.3. The summed E-state index contributed by atoms with van der Waals surface area (Å²) in [6, 6.07) is 6.58. The molecule has 2 aliphatic carbocycles. The Kier molecular flexibility index (Phi) is 6.22. The van der Waals surface area contributed by atoms with E-state index >= 15 is 0 Å². The summed E-state index contributed by atoms with van der Waals surface area (Å²) in [6.07, 6.45) is 7.61. The van der Waals surface area contributed by atoms with Crippen LogP contribution in [0.2, 0.25) is 0 Å². The number of allylic oxidation sites excluding steroid dienone is 1. The molecule has 0 spiro atoms. The highest BCUT2D eigenvalue weighted by Gasteiger charge is 2.47. The zero-order valence-corrected chi connectivity index (χ0v) is 20.6. The van der Waals surface area contributed by atoms with Gasteiger partial charge in [0, 0.05) is 24.3 Å². The number of rotatable bonds is 9. The van der Waals surface area contributed by atoms with E-state index in [2.05, 4.69) is 32.7 Å². The Labute approximate surface area is 212 Å². The minimum Gasteiger partial charge on any atom is -0.489 e. The molecule has 6 rings (SSSR count). The molecule has 3 aromatic rings. The minimum atomic E-state index is -0.436. The monoisotopic (exact) mass is 508 g/mol. The van der Waals surface area contributed by atoms with Crippen LogP contribution in [0, 0.1) is 23.6 Å². The Bertz CT molecular complexity index is 1310. The number of hydrogen-bond acceptors (Lipinski definition) is 8. The van der Waals surface area contributed by atoms with Crippen molar-refractivity contribution in [3.8, 4) is 5.75 Å². The Morgan fingerprint density at radius 1 is 1.19 bits per heavy atom. The van der Waals surface area contributed by atoms with Crippen LogP contribution in [-0.2, 0) is 4.79 Å².